The van der Waals surface area contributed by atoms with Gasteiger partial charge in [0.2, 0.25) is 0 Å². The summed E-state index contributed by atoms with van der Waals surface area (Å²) >= 11 is 0. The molecule has 0 radical (unpaired) electrons. The highest BCUT2D eigenvalue weighted by atomic mass is 16.5. The van der Waals surface area contributed by atoms with E-state index in [4.69, 9.17) is 9.84 Å². The molecule has 0 amide bonds. The van der Waals surface area contributed by atoms with E-state index in [0.717, 1.165) is 25.0 Å². The fourth-order valence-electron chi connectivity index (χ4n) is 2.19. The predicted molar refractivity (Wildman–Crippen MR) is 123 cm³/mol. The topological polar surface area (TPSA) is 124 Å². The molecule has 0 spiro atoms. The van der Waals surface area contributed by atoms with E-state index in [0.29, 0.717) is 30.9 Å². The van der Waals surface area contributed by atoms with Gasteiger partial charge in [-0.2, -0.15) is 0 Å². The first-order chi connectivity index (χ1) is 14.4. The van der Waals surface area contributed by atoms with Crippen LogP contribution < -0.4 is 0 Å². The van der Waals surface area contributed by atoms with Gasteiger partial charge in [-0.25, -0.2) is 9.59 Å². The van der Waals surface area contributed by atoms with E-state index in [2.05, 4.69) is 24.5 Å². The largest absolute Gasteiger partial charge is 0.481 e. The van der Waals surface area contributed by atoms with Crippen LogP contribution in [-0.4, -0.2) is 47.8 Å². The number of carboxylic acids is 1. The van der Waals surface area contributed by atoms with Gasteiger partial charge >= 0.3 is 17.9 Å². The molecule has 0 aromatic rings. The first-order valence-electron chi connectivity index (χ1n) is 9.91. The van der Waals surface area contributed by atoms with Gasteiger partial charge in [0.05, 0.1) is 19.1 Å². The Labute approximate surface area is 191 Å². The van der Waals surface area contributed by atoms with Crippen molar-refractivity contribution in [1.29, 1.82) is 0 Å². The lowest BCUT2D eigenvalue weighted by Gasteiger charge is -2.25. The predicted octanol–water partition coefficient (Wildman–Crippen LogP) is 4.09. The van der Waals surface area contributed by atoms with Crippen LogP contribution in [0.5, 0.6) is 0 Å². The maximum atomic E-state index is 10.8. The van der Waals surface area contributed by atoms with Crippen LogP contribution in [0.25, 0.3) is 0 Å². The molecule has 8 nitrogen and oxygen atoms in total. The second-order valence-corrected chi connectivity index (χ2v) is 7.05. The number of Topliss-reactive ketones (excluding diaryl/α,β-unsaturated/α-hetero) is 2. The Morgan fingerprint density at radius 2 is 1.34 bits per heavy atom. The molecule has 1 rings (SSSR count). The third-order valence-corrected chi connectivity index (χ3v) is 4.29. The van der Waals surface area contributed by atoms with E-state index < -0.39 is 17.9 Å². The molecular weight excluding hydrogens is 416 g/mol. The number of hydrogen-bond donors (Lipinski definition) is 1. The number of aliphatic carboxylic acids is 1. The van der Waals surface area contributed by atoms with Crippen LogP contribution in [0.1, 0.15) is 60.3 Å². The standard InChI is InChI=1S/C11H16O4.C7H10O3.C5H8O.CH4/c1-2-10(12)15-7-8-3-5-9(6-4-8)11(13)14;1-3-7(9)10-5-4-6(2)8;1-4(2)5(3)6;/h2,8-9H,1,3-7H2,(H,13,14);3H,1,4-5H2,2H3;1H2,2-3H3;1H4. The van der Waals surface area contributed by atoms with Crippen LogP contribution in [0.3, 0.4) is 0 Å². The maximum absolute atomic E-state index is 10.8. The van der Waals surface area contributed by atoms with E-state index in [1.165, 1.54) is 13.8 Å². The van der Waals surface area contributed by atoms with Crippen molar-refractivity contribution in [1.82, 2.24) is 0 Å². The Morgan fingerprint density at radius 1 is 0.906 bits per heavy atom. The van der Waals surface area contributed by atoms with Gasteiger partial charge in [-0.05, 0) is 57.9 Å². The molecule has 0 aromatic heterocycles. The fourth-order valence-corrected chi connectivity index (χ4v) is 2.19. The van der Waals surface area contributed by atoms with Gasteiger partial charge in [-0.3, -0.25) is 14.4 Å². The van der Waals surface area contributed by atoms with Crippen molar-refractivity contribution in [2.45, 2.75) is 60.3 Å². The molecule has 0 bridgehead atoms. The number of rotatable bonds is 9. The molecule has 0 heterocycles. The summed E-state index contributed by atoms with van der Waals surface area (Å²) in [5.41, 5.74) is 0.620. The summed E-state index contributed by atoms with van der Waals surface area (Å²) in [7, 11) is 0. The summed E-state index contributed by atoms with van der Waals surface area (Å²) in [6.07, 6.45) is 5.50. The van der Waals surface area contributed by atoms with Crippen LogP contribution in [0.4, 0.5) is 0 Å². The molecule has 1 N–H and O–H groups in total. The number of allylic oxidation sites excluding steroid dienone is 1. The van der Waals surface area contributed by atoms with Crippen molar-refractivity contribution in [3.63, 3.8) is 0 Å². The van der Waals surface area contributed by atoms with Crippen molar-refractivity contribution in [3.05, 3.63) is 37.5 Å². The molecule has 1 saturated carbocycles. The Kier molecular flexibility index (Phi) is 20.9. The van der Waals surface area contributed by atoms with Crippen LogP contribution in [0, 0.1) is 11.8 Å². The minimum absolute atomic E-state index is 0. The molecular formula is C24H38O8. The Bertz CT molecular complexity index is 643. The first-order valence-corrected chi connectivity index (χ1v) is 9.91. The van der Waals surface area contributed by atoms with E-state index in [1.807, 2.05) is 0 Å². The van der Waals surface area contributed by atoms with Gasteiger partial charge in [-0.15, -0.1) is 0 Å². The minimum Gasteiger partial charge on any atom is -0.481 e. The zero-order valence-corrected chi connectivity index (χ0v) is 18.7. The van der Waals surface area contributed by atoms with Gasteiger partial charge < -0.3 is 14.6 Å². The van der Waals surface area contributed by atoms with Gasteiger partial charge in [0.15, 0.2) is 5.78 Å². The summed E-state index contributed by atoms with van der Waals surface area (Å²) < 4.78 is 9.45. The molecule has 0 unspecified atom stereocenters. The Morgan fingerprint density at radius 3 is 1.69 bits per heavy atom. The van der Waals surface area contributed by atoms with Crippen LogP contribution in [0.15, 0.2) is 37.5 Å². The molecule has 0 saturated heterocycles. The summed E-state index contributed by atoms with van der Waals surface area (Å²) in [6, 6.07) is 0. The van der Waals surface area contributed by atoms with Crippen LogP contribution >= 0.6 is 0 Å². The van der Waals surface area contributed by atoms with Crippen molar-refractivity contribution in [2.24, 2.45) is 11.8 Å². The normalized spacial score (nSPS) is 16.1. The number of carboxylic acid groups (broad SMARTS) is 1. The number of ketones is 2. The second-order valence-electron chi connectivity index (χ2n) is 7.05. The molecule has 182 valence electrons. The number of esters is 2. The molecule has 0 aliphatic heterocycles. The third kappa shape index (κ3) is 20.3. The summed E-state index contributed by atoms with van der Waals surface area (Å²) in [6.45, 7) is 15.1. The van der Waals surface area contributed by atoms with Crippen LogP contribution in [0.2, 0.25) is 0 Å². The smallest absolute Gasteiger partial charge is 0.330 e. The number of ether oxygens (including phenoxy) is 2. The monoisotopic (exact) mass is 454 g/mol. The average Bonchev–Trinajstić information content (AvgIpc) is 2.72. The number of carbonyl (C=O) groups excluding carboxylic acids is 4. The van der Waals surface area contributed by atoms with E-state index in [9.17, 15) is 24.0 Å². The molecule has 1 aliphatic rings. The van der Waals surface area contributed by atoms with Gasteiger partial charge in [-0.1, -0.05) is 27.2 Å². The minimum atomic E-state index is -0.712. The van der Waals surface area contributed by atoms with Gasteiger partial charge in [0, 0.05) is 18.6 Å². The second kappa shape index (κ2) is 19.9. The van der Waals surface area contributed by atoms with E-state index in [-0.39, 0.29) is 37.9 Å². The molecule has 0 atom stereocenters. The van der Waals surface area contributed by atoms with Crippen molar-refractivity contribution < 1.29 is 38.6 Å². The van der Waals surface area contributed by atoms with Crippen molar-refractivity contribution in [3.8, 4) is 0 Å². The molecule has 1 aliphatic carbocycles. The number of hydrogen-bond acceptors (Lipinski definition) is 7. The SMILES string of the molecule is C.C=C(C)C(C)=O.C=CC(=O)OCC1CCC(C(=O)O)CC1.C=CC(=O)OCCC(C)=O. The highest BCUT2D eigenvalue weighted by Crippen LogP contribution is 2.29. The zero-order valence-electron chi connectivity index (χ0n) is 18.7. The average molecular weight is 455 g/mol. The summed E-state index contributed by atoms with van der Waals surface area (Å²) in [5, 5.41) is 8.78. The molecule has 0 aromatic carbocycles. The lowest BCUT2D eigenvalue weighted by molar-refractivity contribution is -0.145. The Hall–Kier alpha value is -3.03. The van der Waals surface area contributed by atoms with Crippen molar-refractivity contribution >= 4 is 29.5 Å². The first kappa shape index (κ1) is 33.6. The zero-order chi connectivity index (χ0) is 24.4. The Balaban J connectivity index is -0.000000430. The lowest BCUT2D eigenvalue weighted by atomic mass is 9.82. The third-order valence-electron chi connectivity index (χ3n) is 4.29. The molecule has 8 heteroatoms. The van der Waals surface area contributed by atoms with Crippen molar-refractivity contribution in [2.75, 3.05) is 13.2 Å². The van der Waals surface area contributed by atoms with E-state index >= 15 is 0 Å². The quantitative estimate of drug-likeness (QED) is 0.408. The summed E-state index contributed by atoms with van der Waals surface area (Å²) in [5.74, 6) is -1.43. The highest BCUT2D eigenvalue weighted by Gasteiger charge is 2.26. The van der Waals surface area contributed by atoms with Gasteiger partial charge in [0.1, 0.15) is 5.78 Å². The molecule has 32 heavy (non-hydrogen) atoms. The lowest BCUT2D eigenvalue weighted by Crippen LogP contribution is -2.24. The van der Waals surface area contributed by atoms with Gasteiger partial charge in [0.25, 0.3) is 0 Å². The van der Waals surface area contributed by atoms with E-state index in [1.54, 1.807) is 6.92 Å². The number of carbonyl (C=O) groups is 5. The maximum Gasteiger partial charge on any atom is 0.330 e. The fraction of sp³-hybridized carbons (Fsp3) is 0.542. The summed E-state index contributed by atoms with van der Waals surface area (Å²) in [4.78, 5) is 52.1. The molecule has 1 fully saturated rings. The van der Waals surface area contributed by atoms with Crippen LogP contribution in [-0.2, 0) is 33.4 Å². The highest BCUT2D eigenvalue weighted by molar-refractivity contribution is 5.91.